The molecule has 0 radical (unpaired) electrons. The molecular formula is C9H9BrN4O. The lowest BCUT2D eigenvalue weighted by Gasteiger charge is -2.18. The van der Waals surface area contributed by atoms with Crippen molar-refractivity contribution in [2.75, 3.05) is 7.05 Å². The van der Waals surface area contributed by atoms with Gasteiger partial charge in [-0.1, -0.05) is 0 Å². The average Bonchev–Trinajstić information content (AvgIpc) is 2.44. The summed E-state index contributed by atoms with van der Waals surface area (Å²) in [6, 6.07) is 2.99. The summed E-state index contributed by atoms with van der Waals surface area (Å²) >= 11 is 3.29. The Labute approximate surface area is 95.1 Å². The van der Waals surface area contributed by atoms with Crippen LogP contribution in [0.15, 0.2) is 27.8 Å². The average molecular weight is 269 g/mol. The molecule has 0 spiro atoms. The summed E-state index contributed by atoms with van der Waals surface area (Å²) in [5, 5.41) is 0. The molecule has 0 aromatic carbocycles. The second-order valence-electron chi connectivity index (χ2n) is 3.23. The second-order valence-corrected chi connectivity index (χ2v) is 4.15. The summed E-state index contributed by atoms with van der Waals surface area (Å²) < 4.78 is 0.883. The van der Waals surface area contributed by atoms with Crippen LogP contribution in [0.4, 0.5) is 4.79 Å². The lowest BCUT2D eigenvalue weighted by atomic mass is 10.1. The third-order valence-electron chi connectivity index (χ3n) is 2.22. The number of carbonyl (C=O) groups excluding carboxylic acids is 1. The van der Waals surface area contributed by atoms with Crippen LogP contribution in [0.25, 0.3) is 0 Å². The van der Waals surface area contributed by atoms with Crippen molar-refractivity contribution in [1.82, 2.24) is 9.88 Å². The van der Waals surface area contributed by atoms with Crippen LogP contribution in [-0.2, 0) is 0 Å². The third kappa shape index (κ3) is 1.72. The minimum atomic E-state index is -0.342. The fourth-order valence-corrected chi connectivity index (χ4v) is 1.69. The van der Waals surface area contributed by atoms with E-state index in [1.54, 1.807) is 13.2 Å². The molecule has 1 aliphatic heterocycles. The van der Waals surface area contributed by atoms with Crippen LogP contribution < -0.4 is 5.73 Å². The van der Waals surface area contributed by atoms with Crippen molar-refractivity contribution in [1.29, 1.82) is 0 Å². The molecule has 2 rings (SSSR count). The first-order valence-corrected chi connectivity index (χ1v) is 5.11. The monoisotopic (exact) mass is 268 g/mol. The van der Waals surface area contributed by atoms with Crippen LogP contribution in [0, 0.1) is 0 Å². The van der Waals surface area contributed by atoms with Crippen molar-refractivity contribution >= 4 is 27.8 Å². The highest BCUT2D eigenvalue weighted by molar-refractivity contribution is 9.10. The fourth-order valence-electron chi connectivity index (χ4n) is 1.46. The van der Waals surface area contributed by atoms with Crippen molar-refractivity contribution in [2.45, 2.75) is 6.04 Å². The number of likely N-dealkylation sites (N-methyl/N-ethyl adjacent to an activating group) is 1. The number of nitrogens with zero attached hydrogens (tertiary/aromatic N) is 3. The summed E-state index contributed by atoms with van der Waals surface area (Å²) in [6.45, 7) is 0. The molecule has 5 nitrogen and oxygen atoms in total. The van der Waals surface area contributed by atoms with Crippen LogP contribution >= 0.6 is 15.9 Å². The first kappa shape index (κ1) is 10.1. The molecule has 1 unspecified atom stereocenters. The van der Waals surface area contributed by atoms with Crippen molar-refractivity contribution in [3.05, 3.63) is 28.5 Å². The molecule has 2 N–H and O–H groups in total. The van der Waals surface area contributed by atoms with E-state index in [4.69, 9.17) is 5.73 Å². The summed E-state index contributed by atoms with van der Waals surface area (Å²) in [5.41, 5.74) is 6.38. The van der Waals surface area contributed by atoms with Gasteiger partial charge < -0.3 is 10.6 Å². The first-order chi connectivity index (χ1) is 7.09. The van der Waals surface area contributed by atoms with Crippen LogP contribution in [0.1, 0.15) is 11.7 Å². The maximum absolute atomic E-state index is 11.3. The van der Waals surface area contributed by atoms with Gasteiger partial charge in [0, 0.05) is 17.7 Å². The number of rotatable bonds is 1. The van der Waals surface area contributed by atoms with Crippen molar-refractivity contribution in [3.63, 3.8) is 0 Å². The minimum absolute atomic E-state index is 0.289. The van der Waals surface area contributed by atoms with E-state index in [0.29, 0.717) is 5.69 Å². The van der Waals surface area contributed by atoms with Crippen molar-refractivity contribution in [2.24, 2.45) is 10.7 Å². The standard InChI is InChI=1S/C9H9BrN4O/c1-14-7(8(11)13-9(14)15)6-3-2-5(10)4-12-6/h2-4,7H,1H3,(H2,11,13,15). The van der Waals surface area contributed by atoms with Crippen LogP contribution in [0.2, 0.25) is 0 Å². The molecule has 2 heterocycles. The van der Waals surface area contributed by atoms with E-state index in [-0.39, 0.29) is 17.9 Å². The predicted molar refractivity (Wildman–Crippen MR) is 59.5 cm³/mol. The van der Waals surface area contributed by atoms with Gasteiger partial charge in [0.15, 0.2) is 0 Å². The van der Waals surface area contributed by atoms with E-state index < -0.39 is 0 Å². The number of amides is 2. The highest BCUT2D eigenvalue weighted by Crippen LogP contribution is 2.24. The Balaban J connectivity index is 2.36. The number of carbonyl (C=O) groups is 1. The summed E-state index contributed by atoms with van der Waals surface area (Å²) in [5.74, 6) is 0.289. The van der Waals surface area contributed by atoms with E-state index in [1.807, 2.05) is 12.1 Å². The van der Waals surface area contributed by atoms with Gasteiger partial charge in [-0.3, -0.25) is 4.98 Å². The molecule has 1 aromatic rings. The fraction of sp³-hybridized carbons (Fsp3) is 0.222. The first-order valence-electron chi connectivity index (χ1n) is 4.32. The molecule has 0 bridgehead atoms. The summed E-state index contributed by atoms with van der Waals surface area (Å²) in [6.07, 6.45) is 1.67. The molecule has 1 aliphatic rings. The Morgan fingerprint density at radius 2 is 2.27 bits per heavy atom. The maximum Gasteiger partial charge on any atom is 0.345 e. The number of hydrogen-bond donors (Lipinski definition) is 1. The number of amidine groups is 1. The SMILES string of the molecule is CN1C(=O)N=C(N)C1c1ccc(Br)cn1. The Hall–Kier alpha value is -1.43. The zero-order chi connectivity index (χ0) is 11.0. The lowest BCUT2D eigenvalue weighted by Crippen LogP contribution is -2.30. The molecule has 0 aliphatic carbocycles. The largest absolute Gasteiger partial charge is 0.385 e. The normalized spacial score (nSPS) is 20.7. The van der Waals surface area contributed by atoms with E-state index in [0.717, 1.165) is 4.47 Å². The zero-order valence-corrected chi connectivity index (χ0v) is 9.60. The molecule has 6 heteroatoms. The number of aliphatic imine (C=N–C) groups is 1. The maximum atomic E-state index is 11.3. The van der Waals surface area contributed by atoms with Gasteiger partial charge in [0.25, 0.3) is 0 Å². The van der Waals surface area contributed by atoms with E-state index >= 15 is 0 Å². The van der Waals surface area contributed by atoms with Crippen LogP contribution in [0.3, 0.4) is 0 Å². The van der Waals surface area contributed by atoms with Crippen LogP contribution in [0.5, 0.6) is 0 Å². The third-order valence-corrected chi connectivity index (χ3v) is 2.69. The quantitative estimate of drug-likeness (QED) is 0.835. The molecule has 2 amide bonds. The number of halogens is 1. The van der Waals surface area contributed by atoms with E-state index in [1.165, 1.54) is 4.90 Å². The van der Waals surface area contributed by atoms with Gasteiger partial charge in [0.2, 0.25) is 0 Å². The van der Waals surface area contributed by atoms with Gasteiger partial charge in [-0.15, -0.1) is 0 Å². The van der Waals surface area contributed by atoms with E-state index in [2.05, 4.69) is 25.9 Å². The van der Waals surface area contributed by atoms with Crippen LogP contribution in [-0.4, -0.2) is 28.8 Å². The highest BCUT2D eigenvalue weighted by atomic mass is 79.9. The molecule has 1 aromatic heterocycles. The molecule has 1 atom stereocenters. The van der Waals surface area contributed by atoms with Gasteiger partial charge in [-0.25, -0.2) is 4.79 Å². The molecule has 78 valence electrons. The van der Waals surface area contributed by atoms with Gasteiger partial charge in [0.05, 0.1) is 5.69 Å². The van der Waals surface area contributed by atoms with Crippen molar-refractivity contribution in [3.8, 4) is 0 Å². The molecule has 15 heavy (non-hydrogen) atoms. The van der Waals surface area contributed by atoms with Gasteiger partial charge in [-0.05, 0) is 28.1 Å². The van der Waals surface area contributed by atoms with Gasteiger partial charge in [-0.2, -0.15) is 4.99 Å². The Kier molecular flexibility index (Phi) is 2.44. The Bertz CT molecular complexity index is 428. The predicted octanol–water partition coefficient (Wildman–Crippen LogP) is 1.31. The smallest absolute Gasteiger partial charge is 0.345 e. The Morgan fingerprint density at radius 1 is 1.53 bits per heavy atom. The highest BCUT2D eigenvalue weighted by Gasteiger charge is 2.32. The number of urea groups is 1. The Morgan fingerprint density at radius 3 is 2.73 bits per heavy atom. The number of aromatic nitrogens is 1. The summed E-state index contributed by atoms with van der Waals surface area (Å²) in [4.78, 5) is 20.6. The molecular weight excluding hydrogens is 260 g/mol. The van der Waals surface area contributed by atoms with Crippen molar-refractivity contribution < 1.29 is 4.79 Å². The molecule has 0 saturated heterocycles. The zero-order valence-electron chi connectivity index (χ0n) is 8.01. The number of pyridine rings is 1. The van der Waals surface area contributed by atoms with E-state index in [9.17, 15) is 4.79 Å². The van der Waals surface area contributed by atoms with Gasteiger partial charge in [0.1, 0.15) is 11.9 Å². The van der Waals surface area contributed by atoms with Gasteiger partial charge >= 0.3 is 6.03 Å². The molecule has 0 fully saturated rings. The number of nitrogens with two attached hydrogens (primary N) is 1. The second kappa shape index (κ2) is 3.62. The summed E-state index contributed by atoms with van der Waals surface area (Å²) in [7, 11) is 1.65. The molecule has 0 saturated carbocycles. The number of hydrogen-bond acceptors (Lipinski definition) is 3. The topological polar surface area (TPSA) is 71.6 Å². The minimum Gasteiger partial charge on any atom is -0.385 e. The lowest BCUT2D eigenvalue weighted by molar-refractivity contribution is 0.218.